The molecule has 1 atom stereocenters. The van der Waals surface area contributed by atoms with E-state index in [0.717, 1.165) is 21.0 Å². The Kier molecular flexibility index (Phi) is 3.49. The molecule has 0 aliphatic carbocycles. The molecule has 0 saturated heterocycles. The fourth-order valence-electron chi connectivity index (χ4n) is 1.98. The molecule has 0 aliphatic heterocycles. The largest absolute Gasteiger partial charge is 0.353 e. The molecule has 0 amide bonds. The number of nitrogens with zero attached hydrogens (tertiary/aromatic N) is 3. The molecule has 1 N–H and O–H groups in total. The molecule has 0 saturated carbocycles. The highest BCUT2D eigenvalue weighted by atomic mass is 32.1. The fourth-order valence-corrected chi connectivity index (χ4v) is 2.97. The van der Waals surface area contributed by atoms with Crippen LogP contribution < -0.4 is 5.32 Å². The van der Waals surface area contributed by atoms with E-state index in [1.807, 2.05) is 25.1 Å². The summed E-state index contributed by atoms with van der Waals surface area (Å²) in [7, 11) is 0. The fraction of sp³-hybridized carbons (Fsp3) is 0.143. The standard InChI is InChI=1S/C14H12N4O2S/c1-9(11-4-2-3-7-15-11)16-14-17-12-6-5-10(18(19)20)8-13(12)21-14/h2-9H,1H3,(H,16,17)/t9-/m0/s1. The van der Waals surface area contributed by atoms with Gasteiger partial charge in [-0.05, 0) is 25.1 Å². The number of aromatic nitrogens is 2. The van der Waals surface area contributed by atoms with E-state index in [4.69, 9.17) is 0 Å². The molecule has 2 heterocycles. The highest BCUT2D eigenvalue weighted by molar-refractivity contribution is 7.22. The number of hydrogen-bond acceptors (Lipinski definition) is 6. The molecule has 2 aromatic heterocycles. The quantitative estimate of drug-likeness (QED) is 0.586. The number of nitrogens with one attached hydrogen (secondary N) is 1. The normalized spacial score (nSPS) is 12.2. The number of rotatable bonds is 4. The Morgan fingerprint density at radius 2 is 2.19 bits per heavy atom. The van der Waals surface area contributed by atoms with Crippen LogP contribution in [0.15, 0.2) is 42.6 Å². The van der Waals surface area contributed by atoms with Crippen LogP contribution in [0.4, 0.5) is 10.8 Å². The van der Waals surface area contributed by atoms with Crippen molar-refractivity contribution in [3.63, 3.8) is 0 Å². The van der Waals surface area contributed by atoms with Gasteiger partial charge >= 0.3 is 0 Å². The number of nitro benzene ring substituents is 1. The third-order valence-corrected chi connectivity index (χ3v) is 4.00. The molecule has 3 aromatic rings. The minimum Gasteiger partial charge on any atom is -0.353 e. The summed E-state index contributed by atoms with van der Waals surface area (Å²) in [6.07, 6.45) is 1.75. The molecule has 0 spiro atoms. The number of hydrogen-bond donors (Lipinski definition) is 1. The second kappa shape index (κ2) is 5.45. The van der Waals surface area contributed by atoms with E-state index in [1.54, 1.807) is 18.3 Å². The van der Waals surface area contributed by atoms with Gasteiger partial charge in [-0.15, -0.1) is 0 Å². The molecule has 1 aromatic carbocycles. The van der Waals surface area contributed by atoms with Crippen molar-refractivity contribution in [2.45, 2.75) is 13.0 Å². The number of pyridine rings is 1. The van der Waals surface area contributed by atoms with Crippen molar-refractivity contribution in [3.05, 3.63) is 58.4 Å². The number of non-ortho nitro benzene ring substituents is 1. The first-order chi connectivity index (χ1) is 10.1. The van der Waals surface area contributed by atoms with E-state index >= 15 is 0 Å². The van der Waals surface area contributed by atoms with Crippen molar-refractivity contribution in [1.82, 2.24) is 9.97 Å². The average Bonchev–Trinajstić information content (AvgIpc) is 2.89. The van der Waals surface area contributed by atoms with Crippen molar-refractivity contribution >= 4 is 32.4 Å². The Bertz CT molecular complexity index is 788. The van der Waals surface area contributed by atoms with Gasteiger partial charge in [0.15, 0.2) is 5.13 Å². The van der Waals surface area contributed by atoms with E-state index in [-0.39, 0.29) is 11.7 Å². The Morgan fingerprint density at radius 3 is 2.90 bits per heavy atom. The minimum absolute atomic E-state index is 0.0155. The van der Waals surface area contributed by atoms with Gasteiger partial charge in [-0.3, -0.25) is 15.1 Å². The molecule has 6 nitrogen and oxygen atoms in total. The molecule has 0 fully saturated rings. The summed E-state index contributed by atoms with van der Waals surface area (Å²) in [6, 6.07) is 10.4. The summed E-state index contributed by atoms with van der Waals surface area (Å²) in [5, 5.41) is 14.8. The van der Waals surface area contributed by atoms with Crippen molar-refractivity contribution in [2.75, 3.05) is 5.32 Å². The lowest BCUT2D eigenvalue weighted by molar-refractivity contribution is -0.384. The van der Waals surface area contributed by atoms with Crippen LogP contribution in [0.25, 0.3) is 10.2 Å². The maximum atomic E-state index is 10.8. The molecule has 0 unspecified atom stereocenters. The van der Waals surface area contributed by atoms with E-state index in [9.17, 15) is 10.1 Å². The summed E-state index contributed by atoms with van der Waals surface area (Å²) in [5.74, 6) is 0. The van der Waals surface area contributed by atoms with Gasteiger partial charge in [0.1, 0.15) is 0 Å². The van der Waals surface area contributed by atoms with Crippen LogP contribution in [0.3, 0.4) is 0 Å². The summed E-state index contributed by atoms with van der Waals surface area (Å²) in [4.78, 5) is 19.1. The van der Waals surface area contributed by atoms with Gasteiger partial charge in [0.05, 0.1) is 26.9 Å². The molecule has 106 valence electrons. The summed E-state index contributed by atoms with van der Waals surface area (Å²) in [6.45, 7) is 2.00. The lowest BCUT2D eigenvalue weighted by atomic mass is 10.2. The van der Waals surface area contributed by atoms with Crippen LogP contribution in [0.1, 0.15) is 18.7 Å². The van der Waals surface area contributed by atoms with Crippen LogP contribution in [0.2, 0.25) is 0 Å². The van der Waals surface area contributed by atoms with E-state index in [0.29, 0.717) is 0 Å². The van der Waals surface area contributed by atoms with Crippen LogP contribution in [0.5, 0.6) is 0 Å². The third-order valence-electron chi connectivity index (χ3n) is 3.05. The van der Waals surface area contributed by atoms with Crippen molar-refractivity contribution in [1.29, 1.82) is 0 Å². The second-order valence-corrected chi connectivity index (χ2v) is 5.58. The number of benzene rings is 1. The smallest absolute Gasteiger partial charge is 0.270 e. The van der Waals surface area contributed by atoms with Gasteiger partial charge < -0.3 is 5.32 Å². The van der Waals surface area contributed by atoms with Crippen LogP contribution >= 0.6 is 11.3 Å². The van der Waals surface area contributed by atoms with Gasteiger partial charge in [0.25, 0.3) is 5.69 Å². The maximum Gasteiger partial charge on any atom is 0.270 e. The average molecular weight is 300 g/mol. The van der Waals surface area contributed by atoms with Gasteiger partial charge in [0.2, 0.25) is 0 Å². The number of thiazole rings is 1. The number of anilines is 1. The first-order valence-electron chi connectivity index (χ1n) is 6.36. The van der Waals surface area contributed by atoms with Gasteiger partial charge in [-0.25, -0.2) is 4.98 Å². The van der Waals surface area contributed by atoms with Crippen LogP contribution in [-0.2, 0) is 0 Å². The van der Waals surface area contributed by atoms with Crippen molar-refractivity contribution in [2.24, 2.45) is 0 Å². The van der Waals surface area contributed by atoms with E-state index in [2.05, 4.69) is 15.3 Å². The zero-order valence-corrected chi connectivity index (χ0v) is 12.0. The topological polar surface area (TPSA) is 81.0 Å². The molecule has 0 bridgehead atoms. The Balaban J connectivity index is 1.86. The van der Waals surface area contributed by atoms with Crippen LogP contribution in [-0.4, -0.2) is 14.9 Å². The summed E-state index contributed by atoms with van der Waals surface area (Å²) < 4.78 is 0.792. The molecule has 3 rings (SSSR count). The molecule has 0 aliphatic rings. The number of fused-ring (bicyclic) bond motifs is 1. The summed E-state index contributed by atoms with van der Waals surface area (Å²) in [5.41, 5.74) is 1.75. The zero-order chi connectivity index (χ0) is 14.8. The highest BCUT2D eigenvalue weighted by Crippen LogP contribution is 2.30. The Morgan fingerprint density at radius 1 is 1.33 bits per heavy atom. The first-order valence-corrected chi connectivity index (χ1v) is 7.17. The Labute approximate surface area is 124 Å². The first kappa shape index (κ1) is 13.4. The molecule has 0 radical (unpaired) electrons. The van der Waals surface area contributed by atoms with Gasteiger partial charge in [-0.2, -0.15) is 0 Å². The summed E-state index contributed by atoms with van der Waals surface area (Å²) >= 11 is 1.40. The van der Waals surface area contributed by atoms with Crippen molar-refractivity contribution in [3.8, 4) is 0 Å². The minimum atomic E-state index is -0.400. The second-order valence-electron chi connectivity index (χ2n) is 4.55. The van der Waals surface area contributed by atoms with E-state index < -0.39 is 4.92 Å². The number of nitro groups is 1. The predicted molar refractivity (Wildman–Crippen MR) is 82.5 cm³/mol. The van der Waals surface area contributed by atoms with Gasteiger partial charge in [-0.1, -0.05) is 17.4 Å². The SMILES string of the molecule is C[C@H](Nc1nc2ccc([N+](=O)[O-])cc2s1)c1ccccn1. The maximum absolute atomic E-state index is 10.8. The predicted octanol–water partition coefficient (Wildman–Crippen LogP) is 3.77. The molecule has 21 heavy (non-hydrogen) atoms. The molecule has 7 heteroatoms. The molecular formula is C14H12N4O2S. The van der Waals surface area contributed by atoms with Gasteiger partial charge in [0, 0.05) is 18.3 Å². The Hall–Kier alpha value is -2.54. The monoisotopic (exact) mass is 300 g/mol. The molecular weight excluding hydrogens is 288 g/mol. The lowest BCUT2D eigenvalue weighted by Crippen LogP contribution is -2.07. The zero-order valence-electron chi connectivity index (χ0n) is 11.2. The lowest BCUT2D eigenvalue weighted by Gasteiger charge is -2.11. The van der Waals surface area contributed by atoms with Crippen molar-refractivity contribution < 1.29 is 4.92 Å². The third kappa shape index (κ3) is 2.82. The highest BCUT2D eigenvalue weighted by Gasteiger charge is 2.12. The van der Waals surface area contributed by atoms with E-state index in [1.165, 1.54) is 17.4 Å². The van der Waals surface area contributed by atoms with Crippen LogP contribution in [0, 0.1) is 10.1 Å².